The molecule has 2 aromatic rings. The van der Waals surface area contributed by atoms with Crippen molar-refractivity contribution in [1.29, 1.82) is 0 Å². The van der Waals surface area contributed by atoms with E-state index < -0.39 is 0 Å². The molecule has 0 radical (unpaired) electrons. The fourth-order valence-electron chi connectivity index (χ4n) is 5.46. The lowest BCUT2D eigenvalue weighted by atomic mass is 9.75. The second kappa shape index (κ2) is 6.34. The maximum absolute atomic E-state index is 13.4. The summed E-state index contributed by atoms with van der Waals surface area (Å²) < 4.78 is 0. The number of fused-ring (bicyclic) bond motifs is 2. The van der Waals surface area contributed by atoms with Gasteiger partial charge in [-0.25, -0.2) is 0 Å². The van der Waals surface area contributed by atoms with E-state index in [2.05, 4.69) is 20.9 Å². The highest BCUT2D eigenvalue weighted by molar-refractivity contribution is 5.94. The first-order chi connectivity index (χ1) is 13.1. The zero-order chi connectivity index (χ0) is 18.5. The summed E-state index contributed by atoms with van der Waals surface area (Å²) in [5.74, 6) is 1.21. The standard InChI is InChI=1S/C22H25N3O2/c1-14-5-6-17(12-23-14)22(27)25-13-19(16-3-2-4-18(26)11-16)21-20(25)15-7-9-24(21)10-8-15/h2-6,11-12,15,19-21,26H,7-10,13H2,1H3/t19-,20+,21+/m0/s1. The Kier molecular flexibility index (Phi) is 3.93. The van der Waals surface area contributed by atoms with E-state index in [-0.39, 0.29) is 17.9 Å². The summed E-state index contributed by atoms with van der Waals surface area (Å²) in [5, 5.41) is 9.98. The van der Waals surface area contributed by atoms with Crippen LogP contribution >= 0.6 is 0 Å². The van der Waals surface area contributed by atoms with Gasteiger partial charge >= 0.3 is 0 Å². The molecule has 4 aliphatic heterocycles. The van der Waals surface area contributed by atoms with Crippen LogP contribution in [-0.4, -0.2) is 57.5 Å². The van der Waals surface area contributed by atoms with Crippen molar-refractivity contribution in [2.45, 2.75) is 37.8 Å². The highest BCUT2D eigenvalue weighted by Gasteiger charge is 2.54. The molecule has 5 heterocycles. The molecule has 4 saturated heterocycles. The molecule has 2 bridgehead atoms. The first kappa shape index (κ1) is 16.8. The van der Waals surface area contributed by atoms with Gasteiger partial charge in [0, 0.05) is 30.4 Å². The SMILES string of the molecule is Cc1ccc(C(=O)N2C[C@@H](c3cccc(O)c3)[C@@H]3[C@H]2C2CCN3CC2)cn1. The Labute approximate surface area is 159 Å². The maximum atomic E-state index is 13.4. The number of phenols is 1. The van der Waals surface area contributed by atoms with E-state index in [1.165, 1.54) is 12.8 Å². The van der Waals surface area contributed by atoms with E-state index in [9.17, 15) is 9.90 Å². The second-order valence-corrected chi connectivity index (χ2v) is 8.20. The van der Waals surface area contributed by atoms with Crippen molar-refractivity contribution in [3.8, 4) is 5.75 Å². The monoisotopic (exact) mass is 363 g/mol. The minimum absolute atomic E-state index is 0.0916. The van der Waals surface area contributed by atoms with E-state index in [0.29, 0.717) is 29.8 Å². The van der Waals surface area contributed by atoms with Gasteiger partial charge in [-0.1, -0.05) is 12.1 Å². The number of carbonyl (C=O) groups is 1. The minimum atomic E-state index is 0.0916. The quantitative estimate of drug-likeness (QED) is 0.891. The third-order valence-corrected chi connectivity index (χ3v) is 6.71. The van der Waals surface area contributed by atoms with E-state index in [1.54, 1.807) is 12.3 Å². The number of aryl methyl sites for hydroxylation is 1. The number of rotatable bonds is 2. The molecule has 0 saturated carbocycles. The van der Waals surface area contributed by atoms with Crippen LogP contribution in [0.25, 0.3) is 0 Å². The first-order valence-corrected chi connectivity index (χ1v) is 9.88. The molecule has 0 aliphatic carbocycles. The summed E-state index contributed by atoms with van der Waals surface area (Å²) in [6, 6.07) is 12.0. The van der Waals surface area contributed by atoms with Gasteiger partial charge in [-0.2, -0.15) is 0 Å². The number of likely N-dealkylation sites (tertiary alicyclic amines) is 1. The van der Waals surface area contributed by atoms with Crippen LogP contribution in [0.2, 0.25) is 0 Å². The fourth-order valence-corrected chi connectivity index (χ4v) is 5.46. The number of amides is 1. The molecule has 1 aromatic carbocycles. The first-order valence-electron chi connectivity index (χ1n) is 9.88. The van der Waals surface area contributed by atoms with Gasteiger partial charge in [-0.15, -0.1) is 0 Å². The molecule has 140 valence electrons. The summed E-state index contributed by atoms with van der Waals surface area (Å²) in [6.45, 7) is 4.88. The molecular weight excluding hydrogens is 338 g/mol. The van der Waals surface area contributed by atoms with Crippen LogP contribution < -0.4 is 0 Å². The van der Waals surface area contributed by atoms with Crippen molar-refractivity contribution >= 4 is 5.91 Å². The van der Waals surface area contributed by atoms with Crippen LogP contribution in [0, 0.1) is 12.8 Å². The van der Waals surface area contributed by atoms with Gasteiger partial charge in [0.25, 0.3) is 5.91 Å². The van der Waals surface area contributed by atoms with Crippen molar-refractivity contribution in [3.05, 3.63) is 59.4 Å². The van der Waals surface area contributed by atoms with Crippen molar-refractivity contribution < 1.29 is 9.90 Å². The van der Waals surface area contributed by atoms with Crippen LogP contribution in [0.5, 0.6) is 5.75 Å². The molecule has 1 N–H and O–H groups in total. The second-order valence-electron chi connectivity index (χ2n) is 8.20. The molecule has 4 fully saturated rings. The number of hydrogen-bond donors (Lipinski definition) is 1. The third kappa shape index (κ3) is 2.72. The van der Waals surface area contributed by atoms with E-state index >= 15 is 0 Å². The zero-order valence-corrected chi connectivity index (χ0v) is 15.6. The topological polar surface area (TPSA) is 56.7 Å². The number of carbonyl (C=O) groups excluding carboxylic acids is 1. The number of benzene rings is 1. The van der Waals surface area contributed by atoms with Crippen molar-refractivity contribution in [3.63, 3.8) is 0 Å². The number of pyridine rings is 1. The minimum Gasteiger partial charge on any atom is -0.508 e. The Morgan fingerprint density at radius 1 is 1.15 bits per heavy atom. The van der Waals surface area contributed by atoms with Crippen molar-refractivity contribution in [2.75, 3.05) is 19.6 Å². The number of aromatic nitrogens is 1. The zero-order valence-electron chi connectivity index (χ0n) is 15.6. The van der Waals surface area contributed by atoms with Crippen LogP contribution in [0.4, 0.5) is 0 Å². The lowest BCUT2D eigenvalue weighted by molar-refractivity contribution is -0.00343. The fraction of sp³-hybridized carbons (Fsp3) is 0.455. The van der Waals surface area contributed by atoms with Gasteiger partial charge in [0.2, 0.25) is 0 Å². The highest BCUT2D eigenvalue weighted by Crippen LogP contribution is 2.47. The molecular formula is C22H25N3O2. The summed E-state index contributed by atoms with van der Waals surface area (Å²) >= 11 is 0. The Balaban J connectivity index is 1.52. The van der Waals surface area contributed by atoms with Gasteiger partial charge in [0.1, 0.15) is 5.75 Å². The predicted molar refractivity (Wildman–Crippen MR) is 103 cm³/mol. The van der Waals surface area contributed by atoms with Gasteiger partial charge in [-0.05, 0) is 68.6 Å². The maximum Gasteiger partial charge on any atom is 0.255 e. The number of phenolic OH excluding ortho intramolecular Hbond substituents is 1. The molecule has 0 spiro atoms. The van der Waals surface area contributed by atoms with Crippen LogP contribution in [-0.2, 0) is 0 Å². The summed E-state index contributed by atoms with van der Waals surface area (Å²) in [5.41, 5.74) is 2.73. The van der Waals surface area contributed by atoms with Gasteiger partial charge in [0.05, 0.1) is 11.6 Å². The largest absolute Gasteiger partial charge is 0.508 e. The van der Waals surface area contributed by atoms with E-state index in [1.807, 2.05) is 31.2 Å². The van der Waals surface area contributed by atoms with Crippen LogP contribution in [0.3, 0.4) is 0 Å². The highest BCUT2D eigenvalue weighted by atomic mass is 16.3. The smallest absolute Gasteiger partial charge is 0.255 e. The number of piperidine rings is 3. The van der Waals surface area contributed by atoms with Gasteiger partial charge < -0.3 is 10.0 Å². The van der Waals surface area contributed by atoms with Crippen molar-refractivity contribution in [1.82, 2.24) is 14.8 Å². The predicted octanol–water partition coefficient (Wildman–Crippen LogP) is 2.80. The molecule has 27 heavy (non-hydrogen) atoms. The molecule has 5 heteroatoms. The average molecular weight is 363 g/mol. The molecule has 3 atom stereocenters. The number of nitrogens with zero attached hydrogens (tertiary/aromatic N) is 3. The summed E-state index contributed by atoms with van der Waals surface area (Å²) in [6.07, 6.45) is 4.05. The van der Waals surface area contributed by atoms with Crippen LogP contribution in [0.15, 0.2) is 42.6 Å². The van der Waals surface area contributed by atoms with E-state index in [0.717, 1.165) is 24.3 Å². The number of hydrogen-bond acceptors (Lipinski definition) is 4. The summed E-state index contributed by atoms with van der Waals surface area (Å²) in [4.78, 5) is 22.3. The van der Waals surface area contributed by atoms with Crippen LogP contribution in [0.1, 0.15) is 40.4 Å². The average Bonchev–Trinajstić information content (AvgIpc) is 3.12. The summed E-state index contributed by atoms with van der Waals surface area (Å²) in [7, 11) is 0. The lowest BCUT2D eigenvalue weighted by Gasteiger charge is -2.51. The Bertz CT molecular complexity index is 858. The molecule has 1 amide bonds. The Morgan fingerprint density at radius 2 is 1.96 bits per heavy atom. The molecule has 0 unspecified atom stereocenters. The molecule has 4 aliphatic rings. The Morgan fingerprint density at radius 3 is 2.67 bits per heavy atom. The lowest BCUT2D eigenvalue weighted by Crippen LogP contribution is -2.60. The molecule has 5 nitrogen and oxygen atoms in total. The van der Waals surface area contributed by atoms with Gasteiger partial charge in [-0.3, -0.25) is 14.7 Å². The van der Waals surface area contributed by atoms with Crippen molar-refractivity contribution in [2.24, 2.45) is 5.92 Å². The third-order valence-electron chi connectivity index (χ3n) is 6.71. The molecule has 6 rings (SSSR count). The number of aromatic hydroxyl groups is 1. The molecule has 1 aromatic heterocycles. The normalized spacial score (nSPS) is 31.7. The Hall–Kier alpha value is -2.40. The van der Waals surface area contributed by atoms with E-state index in [4.69, 9.17) is 0 Å². The van der Waals surface area contributed by atoms with Gasteiger partial charge in [0.15, 0.2) is 0 Å².